The van der Waals surface area contributed by atoms with Gasteiger partial charge in [-0.15, -0.1) is 0 Å². The second-order valence-electron chi connectivity index (χ2n) is 11.7. The summed E-state index contributed by atoms with van der Waals surface area (Å²) in [6, 6.07) is 7.41. The Morgan fingerprint density at radius 1 is 1.20 bits per heavy atom. The van der Waals surface area contributed by atoms with Crippen molar-refractivity contribution in [2.75, 3.05) is 18.9 Å². The maximum Gasteiger partial charge on any atom is 0.256 e. The number of hydrogen-bond acceptors (Lipinski definition) is 7. The van der Waals surface area contributed by atoms with E-state index in [1.165, 1.54) is 5.57 Å². The van der Waals surface area contributed by atoms with Crippen molar-refractivity contribution < 1.29 is 14.3 Å². The van der Waals surface area contributed by atoms with Gasteiger partial charge in [0.1, 0.15) is 28.7 Å². The van der Waals surface area contributed by atoms with Crippen LogP contribution in [0.2, 0.25) is 0 Å². The van der Waals surface area contributed by atoms with E-state index in [0.717, 1.165) is 54.7 Å². The number of rotatable bonds is 6. The number of aromatic nitrogens is 3. The van der Waals surface area contributed by atoms with Crippen molar-refractivity contribution in [1.29, 1.82) is 0 Å². The van der Waals surface area contributed by atoms with Crippen LogP contribution in [0.15, 0.2) is 65.1 Å². The second kappa shape index (κ2) is 13.0. The third-order valence-corrected chi connectivity index (χ3v) is 8.61. The Morgan fingerprint density at radius 2 is 2.02 bits per heavy atom. The van der Waals surface area contributed by atoms with Gasteiger partial charge in [-0.05, 0) is 87.9 Å². The van der Waals surface area contributed by atoms with E-state index in [4.69, 9.17) is 15.5 Å². The van der Waals surface area contributed by atoms with Gasteiger partial charge in [0.05, 0.1) is 25.1 Å². The van der Waals surface area contributed by atoms with Crippen LogP contribution in [0.5, 0.6) is 0 Å². The van der Waals surface area contributed by atoms with Crippen molar-refractivity contribution in [3.63, 3.8) is 0 Å². The van der Waals surface area contributed by atoms with Crippen molar-refractivity contribution in [3.05, 3.63) is 77.2 Å². The Labute approximate surface area is 257 Å². The van der Waals surface area contributed by atoms with Crippen molar-refractivity contribution in [3.8, 4) is 11.3 Å². The zero-order valence-corrected chi connectivity index (χ0v) is 25.1. The molecule has 6 rings (SSSR count). The molecule has 2 aliphatic carbocycles. The molecule has 10 nitrogen and oxygen atoms in total. The topological polar surface area (TPSA) is 136 Å². The normalized spacial score (nSPS) is 22.2. The summed E-state index contributed by atoms with van der Waals surface area (Å²) in [6.45, 7) is 6.57. The van der Waals surface area contributed by atoms with Crippen molar-refractivity contribution >= 4 is 35.9 Å². The van der Waals surface area contributed by atoms with Gasteiger partial charge < -0.3 is 21.1 Å². The third kappa shape index (κ3) is 6.35. The lowest BCUT2D eigenvalue weighted by Crippen LogP contribution is -2.33. The molecule has 4 N–H and O–H groups in total. The molecule has 2 amide bonds. The number of carbonyl (C=O) groups excluding carboxylic acids is 2. The molecule has 1 aromatic carbocycles. The van der Waals surface area contributed by atoms with E-state index in [9.17, 15) is 9.59 Å². The van der Waals surface area contributed by atoms with E-state index >= 15 is 0 Å². The standard InChI is InChI=1S/C34H39N7O3/c1-3-21(22-7-8-22)19-28(36-2)39-34(43)24-11-9-23(10-12-24)30-31-32(35)37-20-27-6-4-5-16-44-17-15-29(42)38-26-14-13-25(18-26)33(40-30)41(27)31/h3-4,6,9-12,19-20,22,25-26H,2,5,7-8,13-18H2,1H3,(H2,35,37)(H,38,42)(H,39,43)/b6-4+,21-3+,28-19+/t25-,26?/m1/s1. The highest BCUT2D eigenvalue weighted by Gasteiger charge is 2.32. The van der Waals surface area contributed by atoms with Crippen LogP contribution >= 0.6 is 0 Å². The minimum atomic E-state index is -0.262. The molecule has 0 saturated heterocycles. The number of benzene rings is 1. The third-order valence-electron chi connectivity index (χ3n) is 8.61. The minimum absolute atomic E-state index is 0.0182. The Hall–Kier alpha value is -4.57. The SMILES string of the molecule is C=N/C(=C\C(=C/C)C1CC1)NC(=O)c1ccc(-c2nc3n4c(cnc(N)c24)/C=C/CCOCCC(=O)NC2CC[C@@H]3C2)cc1. The molecule has 2 atom stereocenters. The number of anilines is 1. The number of nitrogen functional groups attached to an aromatic ring is 1. The fraction of sp³-hybridized carbons (Fsp3) is 0.382. The van der Waals surface area contributed by atoms with Gasteiger partial charge in [-0.1, -0.05) is 24.3 Å². The lowest BCUT2D eigenvalue weighted by Gasteiger charge is -2.14. The molecule has 1 unspecified atom stereocenters. The maximum atomic E-state index is 13.1. The maximum absolute atomic E-state index is 13.1. The summed E-state index contributed by atoms with van der Waals surface area (Å²) in [6.07, 6.45) is 15.7. The fourth-order valence-corrected chi connectivity index (χ4v) is 6.15. The Kier molecular flexibility index (Phi) is 8.70. The molecule has 228 valence electrons. The highest BCUT2D eigenvalue weighted by Crippen LogP contribution is 2.39. The lowest BCUT2D eigenvalue weighted by molar-refractivity contribution is -0.122. The molecule has 2 bridgehead atoms. The van der Waals surface area contributed by atoms with E-state index in [-0.39, 0.29) is 23.8 Å². The van der Waals surface area contributed by atoms with Gasteiger partial charge in [0.2, 0.25) is 5.91 Å². The molecule has 10 heteroatoms. The number of nitrogens with two attached hydrogens (primary N) is 1. The minimum Gasteiger partial charge on any atom is -0.382 e. The van der Waals surface area contributed by atoms with Gasteiger partial charge >= 0.3 is 0 Å². The smallest absolute Gasteiger partial charge is 0.256 e. The van der Waals surface area contributed by atoms with Crippen LogP contribution in [0.3, 0.4) is 0 Å². The monoisotopic (exact) mass is 593 g/mol. The number of nitrogens with zero attached hydrogens (tertiary/aromatic N) is 4. The number of nitrogens with one attached hydrogen (secondary N) is 2. The summed E-state index contributed by atoms with van der Waals surface area (Å²) in [5.41, 5.74) is 11.3. The number of aliphatic imine (C=N–C) groups is 1. The molecule has 3 heterocycles. The number of amides is 2. The molecular weight excluding hydrogens is 554 g/mol. The first-order valence-electron chi connectivity index (χ1n) is 15.4. The van der Waals surface area contributed by atoms with Gasteiger partial charge in [-0.25, -0.2) is 15.0 Å². The van der Waals surface area contributed by atoms with Crippen molar-refractivity contribution in [2.45, 2.75) is 63.8 Å². The van der Waals surface area contributed by atoms with Gasteiger partial charge in [0.15, 0.2) is 0 Å². The Balaban J connectivity index is 1.33. The number of imidazole rings is 1. The predicted molar refractivity (Wildman–Crippen MR) is 172 cm³/mol. The number of fused-ring (bicyclic) bond motifs is 3. The van der Waals surface area contributed by atoms with Gasteiger partial charge in [-0.2, -0.15) is 0 Å². The molecule has 44 heavy (non-hydrogen) atoms. The van der Waals surface area contributed by atoms with Crippen LogP contribution in [0.25, 0.3) is 22.9 Å². The van der Waals surface area contributed by atoms with Gasteiger partial charge in [-0.3, -0.25) is 14.0 Å². The largest absolute Gasteiger partial charge is 0.382 e. The van der Waals surface area contributed by atoms with Crippen LogP contribution in [0.1, 0.15) is 79.7 Å². The van der Waals surface area contributed by atoms with Crippen LogP contribution < -0.4 is 16.4 Å². The summed E-state index contributed by atoms with van der Waals surface area (Å²) in [5.74, 6) is 2.14. The molecule has 0 radical (unpaired) electrons. The van der Waals surface area contributed by atoms with E-state index in [0.29, 0.717) is 54.9 Å². The summed E-state index contributed by atoms with van der Waals surface area (Å²) in [4.78, 5) is 39.3. The van der Waals surface area contributed by atoms with E-state index in [1.54, 1.807) is 18.3 Å². The zero-order chi connectivity index (χ0) is 30.6. The first-order valence-corrected chi connectivity index (χ1v) is 15.4. The molecule has 3 aliphatic rings. The van der Waals surface area contributed by atoms with Crippen LogP contribution in [0, 0.1) is 5.92 Å². The Morgan fingerprint density at radius 3 is 2.77 bits per heavy atom. The lowest BCUT2D eigenvalue weighted by atomic mass is 10.1. The van der Waals surface area contributed by atoms with Crippen LogP contribution in [-0.2, 0) is 9.53 Å². The van der Waals surface area contributed by atoms with Crippen molar-refractivity contribution in [2.24, 2.45) is 10.9 Å². The second-order valence-corrected chi connectivity index (χ2v) is 11.7. The number of ether oxygens (including phenoxy) is 1. The highest BCUT2D eigenvalue weighted by molar-refractivity contribution is 5.96. The van der Waals surface area contributed by atoms with Crippen LogP contribution in [-0.4, -0.2) is 52.2 Å². The first-order chi connectivity index (χ1) is 21.4. The summed E-state index contributed by atoms with van der Waals surface area (Å²) in [5, 5.41) is 6.06. The summed E-state index contributed by atoms with van der Waals surface area (Å²) in [7, 11) is 0. The molecule has 2 fully saturated rings. The predicted octanol–water partition coefficient (Wildman–Crippen LogP) is 5.18. The van der Waals surface area contributed by atoms with E-state index in [1.807, 2.05) is 37.3 Å². The molecule has 2 saturated carbocycles. The van der Waals surface area contributed by atoms with Crippen molar-refractivity contribution in [1.82, 2.24) is 25.0 Å². The quantitative estimate of drug-likeness (QED) is 0.266. The first kappa shape index (κ1) is 29.5. The fourth-order valence-electron chi connectivity index (χ4n) is 6.15. The van der Waals surface area contributed by atoms with E-state index in [2.05, 4.69) is 37.8 Å². The Bertz CT molecular complexity index is 1660. The molecule has 2 aromatic heterocycles. The number of hydrogen-bond donors (Lipinski definition) is 3. The van der Waals surface area contributed by atoms with Gasteiger partial charge in [0.25, 0.3) is 5.91 Å². The van der Waals surface area contributed by atoms with E-state index < -0.39 is 0 Å². The average molecular weight is 594 g/mol. The van der Waals surface area contributed by atoms with Gasteiger partial charge in [0, 0.05) is 29.5 Å². The molecule has 0 spiro atoms. The zero-order valence-electron chi connectivity index (χ0n) is 25.1. The summed E-state index contributed by atoms with van der Waals surface area (Å²) >= 11 is 0. The summed E-state index contributed by atoms with van der Waals surface area (Å²) < 4.78 is 7.77. The molecule has 3 aromatic rings. The molecular formula is C34H39N7O3. The van der Waals surface area contributed by atoms with Crippen LogP contribution in [0.4, 0.5) is 5.82 Å². The average Bonchev–Trinajstić information content (AvgIpc) is 3.64. The highest BCUT2D eigenvalue weighted by atomic mass is 16.5. The number of allylic oxidation sites excluding steroid dienone is 3. The molecule has 1 aliphatic heterocycles. The number of carbonyl (C=O) groups is 2.